The number of benzene rings is 1. The van der Waals surface area contributed by atoms with Crippen molar-refractivity contribution in [2.45, 2.75) is 32.7 Å². The Bertz CT molecular complexity index is 1030. The minimum absolute atomic E-state index is 0.0314. The van der Waals surface area contributed by atoms with Gasteiger partial charge in [0.05, 0.1) is 12.8 Å². The fraction of sp³-hybridized carbons (Fsp3) is 0.280. The highest BCUT2D eigenvalue weighted by molar-refractivity contribution is 5.96. The van der Waals surface area contributed by atoms with Gasteiger partial charge in [0.1, 0.15) is 0 Å². The third-order valence-electron chi connectivity index (χ3n) is 5.15. The first-order valence-electron chi connectivity index (χ1n) is 10.3. The van der Waals surface area contributed by atoms with Crippen LogP contribution in [0.2, 0.25) is 0 Å². The van der Waals surface area contributed by atoms with Gasteiger partial charge in [-0.2, -0.15) is 0 Å². The number of aromatic nitrogens is 2. The molecule has 0 unspecified atom stereocenters. The zero-order chi connectivity index (χ0) is 22.2. The van der Waals surface area contributed by atoms with Crippen molar-refractivity contribution in [3.63, 3.8) is 0 Å². The summed E-state index contributed by atoms with van der Waals surface area (Å²) < 4.78 is 5.24. The number of ether oxygens (including phenoxy) is 1. The second kappa shape index (κ2) is 10.5. The molecule has 0 fully saturated rings. The Morgan fingerprint density at radius 2 is 1.81 bits per heavy atom. The number of methoxy groups -OCH3 is 1. The number of aryl methyl sites for hydroxylation is 1. The lowest BCUT2D eigenvalue weighted by Gasteiger charge is -2.16. The van der Waals surface area contributed by atoms with Crippen LogP contribution in [0.5, 0.6) is 5.88 Å². The number of ketones is 1. The molecular formula is C25H27N3O3. The zero-order valence-electron chi connectivity index (χ0n) is 18.2. The van der Waals surface area contributed by atoms with Gasteiger partial charge in [-0.1, -0.05) is 37.3 Å². The second-order valence-electron chi connectivity index (χ2n) is 7.33. The van der Waals surface area contributed by atoms with Gasteiger partial charge >= 0.3 is 0 Å². The minimum atomic E-state index is 0.0314. The van der Waals surface area contributed by atoms with Crippen molar-refractivity contribution >= 4 is 11.7 Å². The lowest BCUT2D eigenvalue weighted by Crippen LogP contribution is -2.25. The van der Waals surface area contributed by atoms with Gasteiger partial charge in [0.25, 0.3) is 0 Å². The van der Waals surface area contributed by atoms with Crippen LogP contribution in [0.15, 0.2) is 60.9 Å². The topological polar surface area (TPSA) is 72.4 Å². The molecule has 6 heteroatoms. The molecule has 31 heavy (non-hydrogen) atoms. The first-order chi connectivity index (χ1) is 15.0. The standard InChI is InChI=1S/C25H27N3O3/c1-4-24(30)28(2)17-18-7-9-19(10-8-18)22-13-11-21(16-27-22)23(29)14-12-20-6-5-15-26-25(20)31-3/h5-11,13,15-16H,4,12,14,17H2,1-3H3. The van der Waals surface area contributed by atoms with Crippen LogP contribution in [0.25, 0.3) is 11.3 Å². The van der Waals surface area contributed by atoms with Crippen molar-refractivity contribution in [1.82, 2.24) is 14.9 Å². The molecule has 0 saturated carbocycles. The Morgan fingerprint density at radius 1 is 1.03 bits per heavy atom. The minimum Gasteiger partial charge on any atom is -0.481 e. The number of rotatable bonds is 9. The smallest absolute Gasteiger partial charge is 0.222 e. The molecule has 0 aliphatic heterocycles. The number of Topliss-reactive ketones (excluding diaryl/α,β-unsaturated/α-hetero) is 1. The van der Waals surface area contributed by atoms with E-state index in [4.69, 9.17) is 4.74 Å². The summed E-state index contributed by atoms with van der Waals surface area (Å²) in [6.07, 6.45) is 4.72. The summed E-state index contributed by atoms with van der Waals surface area (Å²) in [4.78, 5) is 34.6. The first-order valence-corrected chi connectivity index (χ1v) is 10.3. The Morgan fingerprint density at radius 3 is 2.45 bits per heavy atom. The van der Waals surface area contributed by atoms with Crippen LogP contribution in [0.3, 0.4) is 0 Å². The molecule has 3 aromatic rings. The van der Waals surface area contributed by atoms with Gasteiger partial charge in [0.15, 0.2) is 5.78 Å². The Kier molecular flexibility index (Phi) is 7.49. The Labute approximate surface area is 182 Å². The molecule has 0 bridgehead atoms. The Balaban J connectivity index is 1.61. The van der Waals surface area contributed by atoms with E-state index < -0.39 is 0 Å². The molecule has 160 valence electrons. The summed E-state index contributed by atoms with van der Waals surface area (Å²) in [7, 11) is 3.38. The van der Waals surface area contributed by atoms with E-state index in [0.717, 1.165) is 22.4 Å². The maximum atomic E-state index is 12.6. The van der Waals surface area contributed by atoms with Crippen LogP contribution in [0.1, 0.15) is 41.3 Å². The van der Waals surface area contributed by atoms with Gasteiger partial charge in [0.2, 0.25) is 11.8 Å². The van der Waals surface area contributed by atoms with Crippen LogP contribution in [0, 0.1) is 0 Å². The predicted molar refractivity (Wildman–Crippen MR) is 120 cm³/mol. The molecule has 2 aromatic heterocycles. The van der Waals surface area contributed by atoms with Crippen molar-refractivity contribution in [2.24, 2.45) is 0 Å². The number of amides is 1. The fourth-order valence-electron chi connectivity index (χ4n) is 3.33. The normalized spacial score (nSPS) is 10.5. The van der Waals surface area contributed by atoms with Crippen molar-refractivity contribution in [2.75, 3.05) is 14.2 Å². The maximum absolute atomic E-state index is 12.6. The predicted octanol–water partition coefficient (Wildman–Crippen LogP) is 4.34. The van der Waals surface area contributed by atoms with E-state index in [0.29, 0.717) is 37.3 Å². The molecule has 0 aliphatic carbocycles. The molecule has 6 nitrogen and oxygen atoms in total. The fourth-order valence-corrected chi connectivity index (χ4v) is 3.33. The van der Waals surface area contributed by atoms with E-state index in [1.54, 1.807) is 31.5 Å². The molecule has 0 N–H and O–H groups in total. The maximum Gasteiger partial charge on any atom is 0.222 e. The lowest BCUT2D eigenvalue weighted by atomic mass is 10.0. The summed E-state index contributed by atoms with van der Waals surface area (Å²) >= 11 is 0. The van der Waals surface area contributed by atoms with Gasteiger partial charge in [-0.25, -0.2) is 4.98 Å². The van der Waals surface area contributed by atoms with Crippen molar-refractivity contribution in [3.8, 4) is 17.1 Å². The highest BCUT2D eigenvalue weighted by Gasteiger charge is 2.11. The molecule has 2 heterocycles. The lowest BCUT2D eigenvalue weighted by molar-refractivity contribution is -0.130. The molecule has 0 spiro atoms. The molecule has 1 amide bonds. The zero-order valence-corrected chi connectivity index (χ0v) is 18.2. The van der Waals surface area contributed by atoms with Crippen LogP contribution >= 0.6 is 0 Å². The number of hydrogen-bond acceptors (Lipinski definition) is 5. The number of nitrogens with zero attached hydrogens (tertiary/aromatic N) is 3. The average molecular weight is 418 g/mol. The molecule has 0 aliphatic rings. The molecule has 0 radical (unpaired) electrons. The van der Waals surface area contributed by atoms with Crippen molar-refractivity contribution < 1.29 is 14.3 Å². The third kappa shape index (κ3) is 5.75. The van der Waals surface area contributed by atoms with E-state index in [2.05, 4.69) is 9.97 Å². The molecule has 3 rings (SSSR count). The van der Waals surface area contributed by atoms with Crippen LogP contribution in [0.4, 0.5) is 0 Å². The van der Waals surface area contributed by atoms with E-state index in [9.17, 15) is 9.59 Å². The number of pyridine rings is 2. The third-order valence-corrected chi connectivity index (χ3v) is 5.15. The van der Waals surface area contributed by atoms with E-state index >= 15 is 0 Å². The second-order valence-corrected chi connectivity index (χ2v) is 7.33. The van der Waals surface area contributed by atoms with Crippen LogP contribution < -0.4 is 4.74 Å². The van der Waals surface area contributed by atoms with E-state index in [-0.39, 0.29) is 11.7 Å². The number of carbonyl (C=O) groups is 2. The van der Waals surface area contributed by atoms with Crippen molar-refractivity contribution in [1.29, 1.82) is 0 Å². The van der Waals surface area contributed by atoms with Crippen LogP contribution in [-0.4, -0.2) is 40.7 Å². The molecule has 0 saturated heterocycles. The highest BCUT2D eigenvalue weighted by Crippen LogP contribution is 2.20. The Hall–Kier alpha value is -3.54. The summed E-state index contributed by atoms with van der Waals surface area (Å²) in [5, 5.41) is 0. The first kappa shape index (κ1) is 22.2. The number of hydrogen-bond donors (Lipinski definition) is 0. The van der Waals surface area contributed by atoms with Gasteiger partial charge in [-0.15, -0.1) is 0 Å². The average Bonchev–Trinajstić information content (AvgIpc) is 2.82. The monoisotopic (exact) mass is 417 g/mol. The largest absolute Gasteiger partial charge is 0.481 e. The summed E-state index contributed by atoms with van der Waals surface area (Å²) in [5.74, 6) is 0.703. The van der Waals surface area contributed by atoms with Crippen molar-refractivity contribution in [3.05, 3.63) is 77.6 Å². The van der Waals surface area contributed by atoms with Gasteiger partial charge in [-0.3, -0.25) is 14.6 Å². The SMILES string of the molecule is CCC(=O)N(C)Cc1ccc(-c2ccc(C(=O)CCc3cccnc3OC)cn2)cc1. The van der Waals surface area contributed by atoms with Gasteiger partial charge in [-0.05, 0) is 30.2 Å². The van der Waals surface area contributed by atoms with Crippen LogP contribution in [-0.2, 0) is 17.8 Å². The van der Waals surface area contributed by atoms with E-state index in [1.165, 1.54) is 0 Å². The van der Waals surface area contributed by atoms with Gasteiger partial charge < -0.3 is 9.64 Å². The van der Waals surface area contributed by atoms with E-state index in [1.807, 2.05) is 55.5 Å². The summed E-state index contributed by atoms with van der Waals surface area (Å²) in [5.41, 5.74) is 4.32. The quantitative estimate of drug-likeness (QED) is 0.485. The molecule has 0 atom stereocenters. The number of carbonyl (C=O) groups excluding carboxylic acids is 2. The van der Waals surface area contributed by atoms with Gasteiger partial charge in [0, 0.05) is 55.5 Å². The molecular weight excluding hydrogens is 390 g/mol. The molecule has 1 aromatic carbocycles. The summed E-state index contributed by atoms with van der Waals surface area (Å²) in [6, 6.07) is 15.4. The summed E-state index contributed by atoms with van der Waals surface area (Å²) in [6.45, 7) is 2.44. The highest BCUT2D eigenvalue weighted by atomic mass is 16.5.